The number of carbonyl (C=O) groups is 2. The molecule has 2 aromatic rings. The molecule has 174 valence electrons. The molecule has 0 bridgehead atoms. The summed E-state index contributed by atoms with van der Waals surface area (Å²) in [6.07, 6.45) is 5.24. The fourth-order valence-corrected chi connectivity index (χ4v) is 8.96. The summed E-state index contributed by atoms with van der Waals surface area (Å²) >= 11 is 0. The zero-order valence-electron chi connectivity index (χ0n) is 20.0. The third-order valence-corrected chi connectivity index (χ3v) is 10.9. The van der Waals surface area contributed by atoms with Gasteiger partial charge in [-0.15, -0.1) is 0 Å². The summed E-state index contributed by atoms with van der Waals surface area (Å²) in [6, 6.07) is 20.9. The Morgan fingerprint density at radius 1 is 0.939 bits per heavy atom. The van der Waals surface area contributed by atoms with Gasteiger partial charge in [0.05, 0.1) is 0 Å². The predicted molar refractivity (Wildman–Crippen MR) is 132 cm³/mol. The molecule has 6 heteroatoms. The summed E-state index contributed by atoms with van der Waals surface area (Å²) in [5.41, 5.74) is 0.815. The zero-order chi connectivity index (χ0) is 24.1. The molecule has 33 heavy (non-hydrogen) atoms. The van der Waals surface area contributed by atoms with Crippen molar-refractivity contribution in [3.8, 4) is 0 Å². The van der Waals surface area contributed by atoms with Crippen LogP contribution in [0, 0.1) is 0 Å². The van der Waals surface area contributed by atoms with E-state index in [0.717, 1.165) is 5.57 Å². The van der Waals surface area contributed by atoms with Crippen molar-refractivity contribution in [2.45, 2.75) is 44.9 Å². The third kappa shape index (κ3) is 5.08. The van der Waals surface area contributed by atoms with Gasteiger partial charge in [-0.05, 0) is 39.6 Å². The number of methoxy groups -OCH3 is 1. The average molecular weight is 465 g/mol. The Bertz CT molecular complexity index is 998. The lowest BCUT2D eigenvalue weighted by Gasteiger charge is -2.43. The summed E-state index contributed by atoms with van der Waals surface area (Å²) in [5, 5.41) is 2.28. The number of hydrogen-bond acceptors (Lipinski definition) is 5. The molecule has 0 spiro atoms. The highest BCUT2D eigenvalue weighted by molar-refractivity contribution is 6.99. The van der Waals surface area contributed by atoms with Crippen molar-refractivity contribution in [3.63, 3.8) is 0 Å². The van der Waals surface area contributed by atoms with Crippen LogP contribution in [0.1, 0.15) is 34.1 Å². The van der Waals surface area contributed by atoms with Crippen LogP contribution in [0.25, 0.3) is 0 Å². The van der Waals surface area contributed by atoms with Crippen LogP contribution in [0.5, 0.6) is 0 Å². The number of hydrogen-bond donors (Lipinski definition) is 0. The number of benzene rings is 2. The van der Waals surface area contributed by atoms with Gasteiger partial charge in [0.15, 0.2) is 0 Å². The van der Waals surface area contributed by atoms with E-state index in [4.69, 9.17) is 13.9 Å². The predicted octanol–water partition coefficient (Wildman–Crippen LogP) is 3.92. The maximum atomic E-state index is 12.4. The summed E-state index contributed by atoms with van der Waals surface area (Å²) in [5.74, 6) is -2.72. The van der Waals surface area contributed by atoms with Crippen molar-refractivity contribution in [2.75, 3.05) is 13.7 Å². The maximum absolute atomic E-state index is 12.4. The Hall–Kier alpha value is -2.80. The molecule has 2 aromatic carbocycles. The molecule has 0 saturated heterocycles. The van der Waals surface area contributed by atoms with Crippen LogP contribution in [-0.4, -0.2) is 39.6 Å². The fourth-order valence-electron chi connectivity index (χ4n) is 4.40. The van der Waals surface area contributed by atoms with Crippen molar-refractivity contribution in [1.82, 2.24) is 0 Å². The number of esters is 1. The van der Waals surface area contributed by atoms with E-state index in [1.807, 2.05) is 12.1 Å². The molecule has 1 unspecified atom stereocenters. The summed E-state index contributed by atoms with van der Waals surface area (Å²) in [4.78, 5) is 24.0. The van der Waals surface area contributed by atoms with Crippen molar-refractivity contribution >= 4 is 30.4 Å². The van der Waals surface area contributed by atoms with E-state index in [2.05, 4.69) is 69.3 Å². The van der Waals surface area contributed by atoms with Gasteiger partial charge in [0.25, 0.3) is 14.1 Å². The first-order valence-electron chi connectivity index (χ1n) is 11.1. The van der Waals surface area contributed by atoms with E-state index in [0.29, 0.717) is 13.0 Å². The van der Waals surface area contributed by atoms with Gasteiger partial charge >= 0.3 is 5.97 Å². The Morgan fingerprint density at radius 3 is 1.94 bits per heavy atom. The van der Waals surface area contributed by atoms with E-state index in [9.17, 15) is 9.59 Å². The van der Waals surface area contributed by atoms with Crippen molar-refractivity contribution in [1.29, 1.82) is 0 Å². The Labute approximate surface area is 197 Å². The van der Waals surface area contributed by atoms with Crippen LogP contribution in [0.2, 0.25) is 5.04 Å². The molecule has 0 aromatic heterocycles. The van der Waals surface area contributed by atoms with E-state index in [1.165, 1.54) is 30.5 Å². The van der Waals surface area contributed by atoms with E-state index in [-0.39, 0.29) is 5.04 Å². The first-order chi connectivity index (χ1) is 15.6. The number of ether oxygens (including phenoxy) is 2. The van der Waals surface area contributed by atoms with Crippen LogP contribution < -0.4 is 10.4 Å². The average Bonchev–Trinajstić information content (AvgIpc) is 2.79. The quantitative estimate of drug-likeness (QED) is 0.337. The maximum Gasteiger partial charge on any atom is 0.305 e. The summed E-state index contributed by atoms with van der Waals surface area (Å²) in [6.45, 7) is 8.39. The second-order valence-electron chi connectivity index (χ2n) is 9.14. The highest BCUT2D eigenvalue weighted by Gasteiger charge is 2.50. The monoisotopic (exact) mass is 464 g/mol. The SMILES string of the molecule is COC1(OC(C)=O)C=C(CCO[Si](c2ccccc2)(c2ccccc2)C(C)(C)C)C=CC1=O. The normalized spacial score (nSPS) is 18.7. The molecule has 1 aliphatic rings. The third-order valence-electron chi connectivity index (χ3n) is 5.89. The van der Waals surface area contributed by atoms with Gasteiger partial charge in [-0.3, -0.25) is 9.59 Å². The van der Waals surface area contributed by atoms with Crippen LogP contribution >= 0.6 is 0 Å². The van der Waals surface area contributed by atoms with Crippen molar-refractivity contribution in [2.24, 2.45) is 0 Å². The zero-order valence-corrected chi connectivity index (χ0v) is 21.0. The van der Waals surface area contributed by atoms with Gasteiger partial charge in [0.1, 0.15) is 0 Å². The van der Waals surface area contributed by atoms with Crippen molar-refractivity contribution in [3.05, 3.63) is 84.5 Å². The molecule has 5 nitrogen and oxygen atoms in total. The van der Waals surface area contributed by atoms with Gasteiger partial charge in [0.2, 0.25) is 5.78 Å². The van der Waals surface area contributed by atoms with Gasteiger partial charge in [-0.1, -0.05) is 87.5 Å². The van der Waals surface area contributed by atoms with Crippen LogP contribution in [0.3, 0.4) is 0 Å². The Balaban J connectivity index is 1.94. The van der Waals surface area contributed by atoms with Crippen LogP contribution in [0.4, 0.5) is 0 Å². The van der Waals surface area contributed by atoms with Crippen LogP contribution in [0.15, 0.2) is 84.5 Å². The Kier molecular flexibility index (Phi) is 7.52. The van der Waals surface area contributed by atoms with Gasteiger partial charge in [0, 0.05) is 20.6 Å². The number of rotatable bonds is 8. The topological polar surface area (TPSA) is 61.8 Å². The summed E-state index contributed by atoms with van der Waals surface area (Å²) in [7, 11) is -1.30. The molecule has 0 saturated carbocycles. The van der Waals surface area contributed by atoms with E-state index < -0.39 is 25.9 Å². The minimum atomic E-state index is -2.65. The van der Waals surface area contributed by atoms with E-state index in [1.54, 1.807) is 12.2 Å². The number of allylic oxidation sites excluding steroid dienone is 1. The van der Waals surface area contributed by atoms with Gasteiger partial charge in [-0.2, -0.15) is 0 Å². The molecule has 1 atom stereocenters. The Morgan fingerprint density at radius 2 is 1.48 bits per heavy atom. The highest BCUT2D eigenvalue weighted by atomic mass is 28.4. The van der Waals surface area contributed by atoms with Crippen LogP contribution in [-0.2, 0) is 23.5 Å². The smallest absolute Gasteiger partial charge is 0.305 e. The molecular weight excluding hydrogens is 432 g/mol. The first-order valence-corrected chi connectivity index (χ1v) is 13.0. The largest absolute Gasteiger partial charge is 0.421 e. The minimum absolute atomic E-state index is 0.128. The second-order valence-corrected chi connectivity index (χ2v) is 13.4. The molecule has 0 N–H and O–H groups in total. The lowest BCUT2D eigenvalue weighted by Crippen LogP contribution is -2.66. The lowest BCUT2D eigenvalue weighted by atomic mass is 9.98. The summed E-state index contributed by atoms with van der Waals surface area (Å²) < 4.78 is 17.5. The molecule has 3 rings (SSSR count). The molecule has 1 aliphatic carbocycles. The molecular formula is C27H32O5Si. The van der Waals surface area contributed by atoms with E-state index >= 15 is 0 Å². The molecule has 0 fully saturated rings. The second kappa shape index (κ2) is 9.99. The highest BCUT2D eigenvalue weighted by Crippen LogP contribution is 2.37. The minimum Gasteiger partial charge on any atom is -0.421 e. The number of ketones is 1. The van der Waals surface area contributed by atoms with Gasteiger partial charge < -0.3 is 13.9 Å². The van der Waals surface area contributed by atoms with Gasteiger partial charge in [-0.25, -0.2) is 0 Å². The standard InChI is InChI=1S/C27H32O5Si/c1-21(28)32-27(30-5)20-22(16-17-25(27)29)18-19-31-33(26(2,3)4,23-12-8-6-9-13-23)24-14-10-7-11-15-24/h6-17,20H,18-19H2,1-5H3. The number of carbonyl (C=O) groups excluding carboxylic acids is 2. The molecule has 0 aliphatic heterocycles. The lowest BCUT2D eigenvalue weighted by molar-refractivity contribution is -0.199. The first kappa shape index (κ1) is 24.8. The van der Waals surface area contributed by atoms with Crippen molar-refractivity contribution < 1.29 is 23.5 Å². The molecule has 0 radical (unpaired) electrons. The fraction of sp³-hybridized carbons (Fsp3) is 0.333. The molecule has 0 heterocycles. The molecule has 0 amide bonds.